The summed E-state index contributed by atoms with van der Waals surface area (Å²) in [7, 11) is 2.01. The largest absolute Gasteiger partial charge is 0.313 e. The maximum Gasteiger partial charge on any atom is 0.0340 e. The topological polar surface area (TPSA) is 24.9 Å². The lowest BCUT2D eigenvalue weighted by Gasteiger charge is -2.15. The van der Waals surface area contributed by atoms with E-state index in [2.05, 4.69) is 43.1 Å². The van der Waals surface area contributed by atoms with E-state index in [1.54, 1.807) is 11.3 Å². The van der Waals surface area contributed by atoms with Crippen LogP contribution in [0.1, 0.15) is 23.6 Å². The van der Waals surface area contributed by atoms with Crippen molar-refractivity contribution in [3.8, 4) is 0 Å². The Bertz CT molecular complexity index is 455. The van der Waals surface area contributed by atoms with Gasteiger partial charge in [0.05, 0.1) is 0 Å². The Hall–Kier alpha value is -0.710. The fourth-order valence-corrected chi connectivity index (χ4v) is 3.48. The van der Waals surface area contributed by atoms with Crippen molar-refractivity contribution in [2.45, 2.75) is 18.9 Å². The van der Waals surface area contributed by atoms with Gasteiger partial charge in [-0.05, 0) is 58.4 Å². The van der Waals surface area contributed by atoms with Crippen LogP contribution in [0.4, 0.5) is 0 Å². The van der Waals surface area contributed by atoms with Gasteiger partial charge in [-0.25, -0.2) is 0 Å². The zero-order chi connectivity index (χ0) is 12.1. The van der Waals surface area contributed by atoms with E-state index >= 15 is 0 Å². The molecule has 90 valence electrons. The molecule has 1 unspecified atom stereocenters. The van der Waals surface area contributed by atoms with Crippen molar-refractivity contribution in [1.29, 1.82) is 0 Å². The zero-order valence-corrected chi connectivity index (χ0v) is 12.1. The van der Waals surface area contributed by atoms with E-state index in [4.69, 9.17) is 0 Å². The number of aryl methyl sites for hydroxylation is 1. The van der Waals surface area contributed by atoms with Crippen LogP contribution in [0.25, 0.3) is 0 Å². The first-order valence-electron chi connectivity index (χ1n) is 5.59. The summed E-state index contributed by atoms with van der Waals surface area (Å²) in [6.45, 7) is 0. The minimum absolute atomic E-state index is 0.399. The van der Waals surface area contributed by atoms with Gasteiger partial charge in [0.15, 0.2) is 0 Å². The molecule has 0 aliphatic rings. The molecule has 0 saturated heterocycles. The van der Waals surface area contributed by atoms with Crippen LogP contribution in [-0.4, -0.2) is 12.0 Å². The number of rotatable bonds is 5. The fraction of sp³-hybridized carbons (Fsp3) is 0.308. The Labute approximate surface area is 114 Å². The van der Waals surface area contributed by atoms with Gasteiger partial charge in [-0.3, -0.25) is 4.98 Å². The monoisotopic (exact) mass is 310 g/mol. The highest BCUT2D eigenvalue weighted by molar-refractivity contribution is 9.10. The van der Waals surface area contributed by atoms with Crippen LogP contribution >= 0.6 is 27.3 Å². The second kappa shape index (κ2) is 6.28. The SMILES string of the molecule is CNC(CCc1cccnc1)c1cscc1Br. The molecule has 4 heteroatoms. The van der Waals surface area contributed by atoms with Crippen molar-refractivity contribution < 1.29 is 0 Å². The van der Waals surface area contributed by atoms with E-state index in [0.29, 0.717) is 6.04 Å². The second-order valence-corrected chi connectivity index (χ2v) is 5.51. The third-order valence-electron chi connectivity index (χ3n) is 2.81. The summed E-state index contributed by atoms with van der Waals surface area (Å²) >= 11 is 5.32. The summed E-state index contributed by atoms with van der Waals surface area (Å²) in [5.74, 6) is 0. The molecule has 0 aliphatic carbocycles. The van der Waals surface area contributed by atoms with Gasteiger partial charge < -0.3 is 5.32 Å². The fourth-order valence-electron chi connectivity index (χ4n) is 1.85. The number of thiophene rings is 1. The number of hydrogen-bond acceptors (Lipinski definition) is 3. The highest BCUT2D eigenvalue weighted by atomic mass is 79.9. The predicted octanol–water partition coefficient (Wildman–Crippen LogP) is 3.80. The Morgan fingerprint density at radius 3 is 2.94 bits per heavy atom. The van der Waals surface area contributed by atoms with Crippen molar-refractivity contribution in [1.82, 2.24) is 10.3 Å². The quantitative estimate of drug-likeness (QED) is 0.908. The molecule has 1 N–H and O–H groups in total. The predicted molar refractivity (Wildman–Crippen MR) is 76.4 cm³/mol. The Morgan fingerprint density at radius 2 is 2.35 bits per heavy atom. The van der Waals surface area contributed by atoms with Crippen molar-refractivity contribution in [3.63, 3.8) is 0 Å². The second-order valence-electron chi connectivity index (χ2n) is 3.92. The third kappa shape index (κ3) is 3.37. The number of hydrogen-bond donors (Lipinski definition) is 1. The maximum atomic E-state index is 4.14. The summed E-state index contributed by atoms with van der Waals surface area (Å²) in [5.41, 5.74) is 2.64. The molecule has 2 heterocycles. The molecule has 2 aromatic rings. The lowest BCUT2D eigenvalue weighted by molar-refractivity contribution is 0.548. The van der Waals surface area contributed by atoms with Gasteiger partial charge in [0.2, 0.25) is 0 Å². The van der Waals surface area contributed by atoms with Crippen LogP contribution in [-0.2, 0) is 6.42 Å². The molecular weight excluding hydrogens is 296 g/mol. The van der Waals surface area contributed by atoms with Gasteiger partial charge >= 0.3 is 0 Å². The molecule has 0 aromatic carbocycles. The smallest absolute Gasteiger partial charge is 0.0340 e. The van der Waals surface area contributed by atoms with Crippen LogP contribution in [0.2, 0.25) is 0 Å². The number of nitrogens with one attached hydrogen (secondary N) is 1. The molecule has 2 rings (SSSR count). The van der Waals surface area contributed by atoms with Crippen molar-refractivity contribution in [2.75, 3.05) is 7.05 Å². The van der Waals surface area contributed by atoms with Gasteiger partial charge in [0, 0.05) is 28.3 Å². The van der Waals surface area contributed by atoms with Gasteiger partial charge in [0.1, 0.15) is 0 Å². The standard InChI is InChI=1S/C13H15BrN2S/c1-15-13(11-8-17-9-12(11)14)5-4-10-3-2-6-16-7-10/h2-3,6-9,13,15H,4-5H2,1H3. The summed E-state index contributed by atoms with van der Waals surface area (Å²) in [4.78, 5) is 4.14. The normalized spacial score (nSPS) is 12.6. The minimum atomic E-state index is 0.399. The molecule has 2 aromatic heterocycles. The summed E-state index contributed by atoms with van der Waals surface area (Å²) in [6, 6.07) is 4.52. The van der Waals surface area contributed by atoms with Crippen molar-refractivity contribution >= 4 is 27.3 Å². The number of nitrogens with zero attached hydrogens (tertiary/aromatic N) is 1. The molecule has 17 heavy (non-hydrogen) atoms. The third-order valence-corrected chi connectivity index (χ3v) is 4.56. The summed E-state index contributed by atoms with van der Waals surface area (Å²) < 4.78 is 1.20. The first kappa shape index (κ1) is 12.7. The summed E-state index contributed by atoms with van der Waals surface area (Å²) in [5, 5.41) is 7.70. The van der Waals surface area contributed by atoms with Gasteiger partial charge in [-0.15, -0.1) is 0 Å². The Morgan fingerprint density at radius 1 is 1.47 bits per heavy atom. The van der Waals surface area contributed by atoms with E-state index in [1.165, 1.54) is 15.6 Å². The van der Waals surface area contributed by atoms with Gasteiger partial charge in [-0.2, -0.15) is 11.3 Å². The lowest BCUT2D eigenvalue weighted by atomic mass is 10.0. The first-order valence-corrected chi connectivity index (χ1v) is 7.32. The highest BCUT2D eigenvalue weighted by Gasteiger charge is 2.13. The molecule has 0 spiro atoms. The number of aromatic nitrogens is 1. The summed E-state index contributed by atoms with van der Waals surface area (Å²) in [6.07, 6.45) is 5.88. The minimum Gasteiger partial charge on any atom is -0.313 e. The van der Waals surface area contributed by atoms with E-state index in [9.17, 15) is 0 Å². The van der Waals surface area contributed by atoms with Crippen LogP contribution in [0, 0.1) is 0 Å². The average molecular weight is 311 g/mol. The van der Waals surface area contributed by atoms with Crippen molar-refractivity contribution in [3.05, 3.63) is 50.9 Å². The highest BCUT2D eigenvalue weighted by Crippen LogP contribution is 2.29. The van der Waals surface area contributed by atoms with Crippen LogP contribution in [0.15, 0.2) is 39.8 Å². The molecule has 0 saturated carbocycles. The first-order chi connectivity index (χ1) is 8.31. The number of pyridine rings is 1. The molecule has 0 amide bonds. The molecular formula is C13H15BrN2S. The van der Waals surface area contributed by atoms with E-state index < -0.39 is 0 Å². The van der Waals surface area contributed by atoms with Crippen LogP contribution in [0.3, 0.4) is 0 Å². The molecule has 0 radical (unpaired) electrons. The molecule has 0 bridgehead atoms. The molecule has 1 atom stereocenters. The van der Waals surface area contributed by atoms with Crippen molar-refractivity contribution in [2.24, 2.45) is 0 Å². The molecule has 2 nitrogen and oxygen atoms in total. The van der Waals surface area contributed by atoms with E-state index in [-0.39, 0.29) is 0 Å². The number of halogens is 1. The van der Waals surface area contributed by atoms with Crippen LogP contribution in [0.5, 0.6) is 0 Å². The van der Waals surface area contributed by atoms with E-state index in [1.807, 2.05) is 25.5 Å². The zero-order valence-electron chi connectivity index (χ0n) is 9.69. The van der Waals surface area contributed by atoms with Gasteiger partial charge in [0.25, 0.3) is 0 Å². The lowest BCUT2D eigenvalue weighted by Crippen LogP contribution is -2.16. The molecule has 0 fully saturated rings. The maximum absolute atomic E-state index is 4.14. The van der Waals surface area contributed by atoms with Gasteiger partial charge in [-0.1, -0.05) is 6.07 Å². The average Bonchev–Trinajstić information content (AvgIpc) is 2.78. The van der Waals surface area contributed by atoms with Crippen LogP contribution < -0.4 is 5.32 Å². The Kier molecular flexibility index (Phi) is 4.71. The van der Waals surface area contributed by atoms with E-state index in [0.717, 1.165) is 12.8 Å². The Balaban J connectivity index is 2.00. The molecule has 0 aliphatic heterocycles.